The van der Waals surface area contributed by atoms with Gasteiger partial charge in [-0.2, -0.15) is 11.8 Å². The molecule has 0 spiro atoms. The van der Waals surface area contributed by atoms with Crippen LogP contribution in [0, 0.1) is 0 Å². The maximum absolute atomic E-state index is 12.5. The molecule has 4 unspecified atom stereocenters. The number of carbonyl (C=O) groups is 5. The van der Waals surface area contributed by atoms with E-state index in [-0.39, 0.29) is 6.42 Å². The van der Waals surface area contributed by atoms with Crippen LogP contribution in [0.3, 0.4) is 0 Å². The van der Waals surface area contributed by atoms with Gasteiger partial charge >= 0.3 is 5.97 Å². The van der Waals surface area contributed by atoms with Gasteiger partial charge in [-0.15, -0.1) is 0 Å². The van der Waals surface area contributed by atoms with Gasteiger partial charge in [0.1, 0.15) is 24.2 Å². The Morgan fingerprint density at radius 2 is 1.41 bits per heavy atom. The number of rotatable bonds is 14. The topological polar surface area (TPSA) is 234 Å². The highest BCUT2D eigenvalue weighted by atomic mass is 32.2. The summed E-state index contributed by atoms with van der Waals surface area (Å²) >= 11 is 1.36. The number of carbonyl (C=O) groups excluding carboxylic acids is 4. The highest BCUT2D eigenvalue weighted by Crippen LogP contribution is 2.04. The quantitative estimate of drug-likeness (QED) is 0.130. The van der Waals surface area contributed by atoms with Crippen LogP contribution in [-0.2, 0) is 24.0 Å². The zero-order valence-electron chi connectivity index (χ0n) is 15.8. The molecule has 0 aromatic rings. The number of nitrogens with one attached hydrogen (secondary N) is 3. The van der Waals surface area contributed by atoms with E-state index >= 15 is 0 Å². The lowest BCUT2D eigenvalue weighted by Crippen LogP contribution is -2.58. The number of aliphatic hydroxyl groups is 2. The molecule has 0 aliphatic heterocycles. The molecule has 0 aliphatic carbocycles. The van der Waals surface area contributed by atoms with Crippen LogP contribution in [0.15, 0.2) is 0 Å². The van der Waals surface area contributed by atoms with Crippen molar-refractivity contribution in [2.75, 3.05) is 25.2 Å². The van der Waals surface area contributed by atoms with E-state index in [9.17, 15) is 24.0 Å². The summed E-state index contributed by atoms with van der Waals surface area (Å²) < 4.78 is 0. The summed E-state index contributed by atoms with van der Waals surface area (Å²) in [5, 5.41) is 33.4. The number of carboxylic acids is 1. The average molecular weight is 437 g/mol. The normalized spacial score (nSPS) is 14.8. The van der Waals surface area contributed by atoms with Crippen molar-refractivity contribution in [2.45, 2.75) is 37.0 Å². The van der Waals surface area contributed by atoms with Crippen LogP contribution in [-0.4, -0.2) is 94.3 Å². The lowest BCUT2D eigenvalue weighted by Gasteiger charge is -2.24. The van der Waals surface area contributed by atoms with E-state index < -0.39 is 73.4 Å². The number of amides is 4. The summed E-state index contributed by atoms with van der Waals surface area (Å²) in [7, 11) is 0. The number of aliphatic hydroxyl groups excluding tert-OH is 2. The van der Waals surface area contributed by atoms with Gasteiger partial charge in [-0.3, -0.25) is 19.2 Å². The fraction of sp³-hybridized carbons (Fsp3) is 0.667. The highest BCUT2D eigenvalue weighted by Gasteiger charge is 2.30. The fourth-order valence-electron chi connectivity index (χ4n) is 2.01. The fourth-order valence-corrected chi connectivity index (χ4v) is 2.48. The van der Waals surface area contributed by atoms with E-state index in [4.69, 9.17) is 26.8 Å². The number of thioether (sulfide) groups is 1. The molecule has 0 radical (unpaired) electrons. The first-order valence-electron chi connectivity index (χ1n) is 8.45. The number of nitrogens with two attached hydrogens (primary N) is 2. The van der Waals surface area contributed by atoms with E-state index in [1.54, 1.807) is 6.26 Å². The summed E-state index contributed by atoms with van der Waals surface area (Å²) in [6.45, 7) is -1.56. The molecule has 166 valence electrons. The summed E-state index contributed by atoms with van der Waals surface area (Å²) in [4.78, 5) is 58.9. The van der Waals surface area contributed by atoms with Crippen molar-refractivity contribution in [1.29, 1.82) is 0 Å². The van der Waals surface area contributed by atoms with Gasteiger partial charge in [0.05, 0.1) is 19.6 Å². The van der Waals surface area contributed by atoms with Crippen LogP contribution in [0.4, 0.5) is 0 Å². The van der Waals surface area contributed by atoms with Gasteiger partial charge in [-0.1, -0.05) is 0 Å². The molecule has 0 fully saturated rings. The summed E-state index contributed by atoms with van der Waals surface area (Å²) in [6, 6.07) is -5.58. The molecule has 14 heteroatoms. The highest BCUT2D eigenvalue weighted by molar-refractivity contribution is 7.98. The minimum absolute atomic E-state index is 0.101. The Morgan fingerprint density at radius 3 is 1.86 bits per heavy atom. The minimum Gasteiger partial charge on any atom is -0.480 e. The van der Waals surface area contributed by atoms with Gasteiger partial charge in [0.2, 0.25) is 23.6 Å². The lowest BCUT2D eigenvalue weighted by atomic mass is 10.1. The lowest BCUT2D eigenvalue weighted by molar-refractivity contribution is -0.143. The van der Waals surface area contributed by atoms with Gasteiger partial charge in [0.25, 0.3) is 0 Å². The third kappa shape index (κ3) is 10.1. The Morgan fingerprint density at radius 1 is 0.897 bits per heavy atom. The van der Waals surface area contributed by atoms with Crippen molar-refractivity contribution in [2.24, 2.45) is 11.5 Å². The molecule has 4 amide bonds. The van der Waals surface area contributed by atoms with Crippen molar-refractivity contribution in [1.82, 2.24) is 16.0 Å². The van der Waals surface area contributed by atoms with Crippen molar-refractivity contribution in [3.63, 3.8) is 0 Å². The molecule has 0 aromatic carbocycles. The van der Waals surface area contributed by atoms with Crippen molar-refractivity contribution >= 4 is 41.4 Å². The second-order valence-electron chi connectivity index (χ2n) is 5.95. The van der Waals surface area contributed by atoms with E-state index in [0.29, 0.717) is 5.75 Å². The minimum atomic E-state index is -1.57. The number of hydrogen-bond donors (Lipinski definition) is 8. The van der Waals surface area contributed by atoms with Crippen molar-refractivity contribution < 1.29 is 39.3 Å². The third-order valence-corrected chi connectivity index (χ3v) is 4.26. The molecular weight excluding hydrogens is 410 g/mol. The first kappa shape index (κ1) is 26.6. The smallest absolute Gasteiger partial charge is 0.328 e. The Hall–Kier alpha value is -2.42. The van der Waals surface area contributed by atoms with Gasteiger partial charge in [-0.25, -0.2) is 4.79 Å². The maximum Gasteiger partial charge on any atom is 0.328 e. The molecule has 0 rings (SSSR count). The van der Waals surface area contributed by atoms with Gasteiger partial charge in [0, 0.05) is 0 Å². The van der Waals surface area contributed by atoms with Crippen LogP contribution < -0.4 is 27.4 Å². The largest absolute Gasteiger partial charge is 0.480 e. The van der Waals surface area contributed by atoms with Crippen LogP contribution in [0.5, 0.6) is 0 Å². The zero-order chi connectivity index (χ0) is 22.6. The van der Waals surface area contributed by atoms with Gasteiger partial charge in [0.15, 0.2) is 0 Å². The van der Waals surface area contributed by atoms with E-state index in [0.717, 1.165) is 0 Å². The SMILES string of the molecule is CSCCC(NC(=O)C(CC(N)=O)NC(=O)C(N)CO)C(=O)NC(CO)C(=O)O. The van der Waals surface area contributed by atoms with Gasteiger partial charge < -0.3 is 42.7 Å². The van der Waals surface area contributed by atoms with Crippen molar-refractivity contribution in [3.05, 3.63) is 0 Å². The monoisotopic (exact) mass is 437 g/mol. The van der Waals surface area contributed by atoms with E-state index in [1.807, 2.05) is 0 Å². The second-order valence-corrected chi connectivity index (χ2v) is 6.93. The first-order chi connectivity index (χ1) is 13.6. The third-order valence-electron chi connectivity index (χ3n) is 3.61. The molecule has 0 saturated heterocycles. The first-order valence-corrected chi connectivity index (χ1v) is 9.85. The second kappa shape index (κ2) is 13.7. The summed E-state index contributed by atoms with van der Waals surface area (Å²) in [5.74, 6) is -4.68. The standard InChI is InChI=1S/C15H27N5O8S/c1-29-3-2-8(13(25)20-10(6-22)15(27)28)18-14(26)9(4-11(17)23)19-12(24)7(16)5-21/h7-10,21-22H,2-6,16H2,1H3,(H2,17,23)(H,18,26)(H,19,24)(H,20,25)(H,27,28). The van der Waals surface area contributed by atoms with E-state index in [2.05, 4.69) is 16.0 Å². The number of primary amides is 1. The summed E-state index contributed by atoms with van der Waals surface area (Å²) in [5.41, 5.74) is 10.4. The predicted octanol–water partition coefficient (Wildman–Crippen LogP) is -4.53. The number of carboxylic acid groups (broad SMARTS) is 1. The van der Waals surface area contributed by atoms with Crippen LogP contribution in [0.25, 0.3) is 0 Å². The van der Waals surface area contributed by atoms with Crippen molar-refractivity contribution in [3.8, 4) is 0 Å². The molecule has 10 N–H and O–H groups in total. The number of aliphatic carboxylic acids is 1. The Labute approximate surface area is 170 Å². The Bertz CT molecular complexity index is 605. The van der Waals surface area contributed by atoms with Gasteiger partial charge in [-0.05, 0) is 18.4 Å². The molecular formula is C15H27N5O8S. The molecule has 0 bridgehead atoms. The molecule has 13 nitrogen and oxygen atoms in total. The predicted molar refractivity (Wildman–Crippen MR) is 102 cm³/mol. The molecule has 29 heavy (non-hydrogen) atoms. The maximum atomic E-state index is 12.5. The molecule has 4 atom stereocenters. The van der Waals surface area contributed by atoms with Crippen LogP contribution in [0.1, 0.15) is 12.8 Å². The Balaban J connectivity index is 5.34. The Kier molecular flexibility index (Phi) is 12.6. The molecule has 0 heterocycles. The summed E-state index contributed by atoms with van der Waals surface area (Å²) in [6.07, 6.45) is 1.25. The average Bonchev–Trinajstić information content (AvgIpc) is 2.66. The number of hydrogen-bond acceptors (Lipinski definition) is 9. The molecule has 0 saturated carbocycles. The molecule has 0 aliphatic rings. The van der Waals surface area contributed by atoms with Crippen LogP contribution in [0.2, 0.25) is 0 Å². The van der Waals surface area contributed by atoms with Crippen LogP contribution >= 0.6 is 11.8 Å². The molecule has 0 aromatic heterocycles. The van der Waals surface area contributed by atoms with E-state index in [1.165, 1.54) is 11.8 Å². The zero-order valence-corrected chi connectivity index (χ0v) is 16.6.